The molecule has 1 unspecified atom stereocenters. The maximum atomic E-state index is 12.1. The predicted octanol–water partition coefficient (Wildman–Crippen LogP) is 2.54. The van der Waals surface area contributed by atoms with E-state index < -0.39 is 0 Å². The zero-order valence-corrected chi connectivity index (χ0v) is 13.4. The lowest BCUT2D eigenvalue weighted by Gasteiger charge is -2.16. The van der Waals surface area contributed by atoms with Crippen molar-refractivity contribution in [1.29, 1.82) is 0 Å². The fourth-order valence-corrected chi connectivity index (χ4v) is 2.95. The normalized spacial score (nSPS) is 12.8. The first-order valence-corrected chi connectivity index (χ1v) is 7.38. The van der Waals surface area contributed by atoms with Crippen LogP contribution >= 0.6 is 0 Å². The summed E-state index contributed by atoms with van der Waals surface area (Å²) in [5.41, 5.74) is 12.7. The van der Waals surface area contributed by atoms with Crippen LogP contribution in [0.5, 0.6) is 0 Å². The summed E-state index contributed by atoms with van der Waals surface area (Å²) in [6, 6.07) is 12.2. The third-order valence-electron chi connectivity index (χ3n) is 4.43. The summed E-state index contributed by atoms with van der Waals surface area (Å²) < 4.78 is 3.34. The number of imidazole rings is 1. The highest BCUT2D eigenvalue weighted by molar-refractivity contribution is 5.78. The molecule has 2 aromatic carbocycles. The van der Waals surface area contributed by atoms with Crippen LogP contribution in [0.3, 0.4) is 0 Å². The minimum atomic E-state index is -0.194. The predicted molar refractivity (Wildman–Crippen MR) is 90.1 cm³/mol. The first-order chi connectivity index (χ1) is 10.4. The van der Waals surface area contributed by atoms with Gasteiger partial charge in [0.2, 0.25) is 0 Å². The number of rotatable bonds is 2. The molecule has 1 atom stereocenters. The second-order valence-electron chi connectivity index (χ2n) is 5.99. The Morgan fingerprint density at radius 2 is 1.50 bits per heavy atom. The van der Waals surface area contributed by atoms with E-state index in [0.29, 0.717) is 0 Å². The van der Waals surface area contributed by atoms with Gasteiger partial charge in [0, 0.05) is 14.1 Å². The van der Waals surface area contributed by atoms with Crippen molar-refractivity contribution in [2.75, 3.05) is 0 Å². The molecule has 0 aliphatic rings. The minimum Gasteiger partial charge on any atom is -0.320 e. The lowest BCUT2D eigenvalue weighted by molar-refractivity contribution is 0.795. The summed E-state index contributed by atoms with van der Waals surface area (Å²) >= 11 is 0. The van der Waals surface area contributed by atoms with Gasteiger partial charge in [0.1, 0.15) is 0 Å². The fraction of sp³-hybridized carbons (Fsp3) is 0.278. The third kappa shape index (κ3) is 2.16. The van der Waals surface area contributed by atoms with E-state index in [0.717, 1.165) is 27.7 Å². The van der Waals surface area contributed by atoms with Crippen molar-refractivity contribution in [2.24, 2.45) is 19.8 Å². The standard InChI is InChI=1S/C18H21N3O/c1-11-5-7-13(8-6-11)17(19)14-10-16-15(9-12(14)2)20(3)18(22)21(16)4/h5-10,17H,19H2,1-4H3. The van der Waals surface area contributed by atoms with Crippen LogP contribution in [0.15, 0.2) is 41.2 Å². The molecule has 1 aromatic heterocycles. The number of hydrogen-bond acceptors (Lipinski definition) is 2. The summed E-state index contributed by atoms with van der Waals surface area (Å²) in [5.74, 6) is 0. The molecule has 4 nitrogen and oxygen atoms in total. The molecule has 0 spiro atoms. The van der Waals surface area contributed by atoms with Crippen LogP contribution < -0.4 is 11.4 Å². The van der Waals surface area contributed by atoms with E-state index in [1.165, 1.54) is 5.56 Å². The lowest BCUT2D eigenvalue weighted by Crippen LogP contribution is -2.19. The van der Waals surface area contributed by atoms with Gasteiger partial charge in [0.15, 0.2) is 0 Å². The minimum absolute atomic E-state index is 0.0181. The second-order valence-corrected chi connectivity index (χ2v) is 5.99. The van der Waals surface area contributed by atoms with Gasteiger partial charge in [-0.3, -0.25) is 9.13 Å². The molecule has 0 bridgehead atoms. The third-order valence-corrected chi connectivity index (χ3v) is 4.43. The number of hydrogen-bond donors (Lipinski definition) is 1. The summed E-state index contributed by atoms with van der Waals surface area (Å²) in [5, 5.41) is 0. The zero-order chi connectivity index (χ0) is 16.0. The van der Waals surface area contributed by atoms with E-state index in [1.54, 1.807) is 23.2 Å². The molecule has 22 heavy (non-hydrogen) atoms. The molecule has 1 heterocycles. The topological polar surface area (TPSA) is 52.9 Å². The van der Waals surface area contributed by atoms with Gasteiger partial charge in [-0.2, -0.15) is 0 Å². The van der Waals surface area contributed by atoms with Gasteiger partial charge in [-0.05, 0) is 42.7 Å². The highest BCUT2D eigenvalue weighted by atomic mass is 16.1. The smallest absolute Gasteiger partial charge is 0.320 e. The van der Waals surface area contributed by atoms with Crippen LogP contribution in [0.2, 0.25) is 0 Å². The van der Waals surface area contributed by atoms with Crippen molar-refractivity contribution in [1.82, 2.24) is 9.13 Å². The van der Waals surface area contributed by atoms with Crippen LogP contribution in [0, 0.1) is 13.8 Å². The number of fused-ring (bicyclic) bond motifs is 1. The maximum absolute atomic E-state index is 12.1. The Kier molecular flexibility index (Phi) is 3.41. The second kappa shape index (κ2) is 5.14. The monoisotopic (exact) mass is 295 g/mol. The number of nitrogens with two attached hydrogens (primary N) is 1. The zero-order valence-electron chi connectivity index (χ0n) is 13.4. The van der Waals surface area contributed by atoms with E-state index >= 15 is 0 Å². The van der Waals surface area contributed by atoms with Crippen molar-refractivity contribution < 1.29 is 0 Å². The van der Waals surface area contributed by atoms with Gasteiger partial charge in [0.05, 0.1) is 17.1 Å². The molecule has 4 heteroatoms. The van der Waals surface area contributed by atoms with Crippen LogP contribution in [0.1, 0.15) is 28.3 Å². The molecular formula is C18H21N3O. The van der Waals surface area contributed by atoms with Crippen molar-refractivity contribution in [2.45, 2.75) is 19.9 Å². The molecule has 2 N–H and O–H groups in total. The van der Waals surface area contributed by atoms with E-state index in [1.807, 2.05) is 19.1 Å². The Morgan fingerprint density at radius 3 is 2.09 bits per heavy atom. The average Bonchev–Trinajstić information content (AvgIpc) is 2.71. The molecule has 0 saturated heterocycles. The van der Waals surface area contributed by atoms with E-state index in [9.17, 15) is 4.79 Å². The molecule has 0 amide bonds. The summed E-state index contributed by atoms with van der Waals surface area (Å²) in [6.45, 7) is 4.10. The molecule has 0 aliphatic heterocycles. The van der Waals surface area contributed by atoms with Crippen LogP contribution in [-0.4, -0.2) is 9.13 Å². The quantitative estimate of drug-likeness (QED) is 0.790. The Hall–Kier alpha value is -2.33. The lowest BCUT2D eigenvalue weighted by atomic mass is 9.94. The van der Waals surface area contributed by atoms with Crippen molar-refractivity contribution in [3.63, 3.8) is 0 Å². The SMILES string of the molecule is Cc1ccc(C(N)c2cc3c(cc2C)n(C)c(=O)n3C)cc1. The fourth-order valence-electron chi connectivity index (χ4n) is 2.95. The van der Waals surface area contributed by atoms with E-state index in [4.69, 9.17) is 5.73 Å². The molecule has 3 rings (SSSR count). The summed E-state index contributed by atoms with van der Waals surface area (Å²) in [4.78, 5) is 12.1. The molecule has 114 valence electrons. The Balaban J connectivity index is 2.18. The first kappa shape index (κ1) is 14.6. The average molecular weight is 295 g/mol. The largest absolute Gasteiger partial charge is 0.328 e. The molecule has 3 aromatic rings. The van der Waals surface area contributed by atoms with E-state index in [-0.39, 0.29) is 11.7 Å². The van der Waals surface area contributed by atoms with Crippen LogP contribution in [0.4, 0.5) is 0 Å². The summed E-state index contributed by atoms with van der Waals surface area (Å²) in [7, 11) is 3.59. The molecule has 0 radical (unpaired) electrons. The maximum Gasteiger partial charge on any atom is 0.328 e. The van der Waals surface area contributed by atoms with Crippen molar-refractivity contribution in [3.05, 3.63) is 69.1 Å². The Morgan fingerprint density at radius 1 is 0.955 bits per heavy atom. The van der Waals surface area contributed by atoms with Gasteiger partial charge in [-0.15, -0.1) is 0 Å². The van der Waals surface area contributed by atoms with Gasteiger partial charge in [0.25, 0.3) is 0 Å². The van der Waals surface area contributed by atoms with Gasteiger partial charge in [-0.25, -0.2) is 4.79 Å². The highest BCUT2D eigenvalue weighted by Crippen LogP contribution is 2.26. The molecule has 0 fully saturated rings. The highest BCUT2D eigenvalue weighted by Gasteiger charge is 2.16. The van der Waals surface area contributed by atoms with Crippen molar-refractivity contribution >= 4 is 11.0 Å². The van der Waals surface area contributed by atoms with Gasteiger partial charge < -0.3 is 5.73 Å². The Bertz CT molecular complexity index is 901. The molecule has 0 saturated carbocycles. The van der Waals surface area contributed by atoms with E-state index in [2.05, 4.69) is 31.2 Å². The number of benzene rings is 2. The van der Waals surface area contributed by atoms with Crippen LogP contribution in [0.25, 0.3) is 11.0 Å². The first-order valence-electron chi connectivity index (χ1n) is 7.38. The van der Waals surface area contributed by atoms with Gasteiger partial charge in [-0.1, -0.05) is 29.8 Å². The van der Waals surface area contributed by atoms with Crippen molar-refractivity contribution in [3.8, 4) is 0 Å². The Labute approximate surface area is 129 Å². The number of nitrogens with zero attached hydrogens (tertiary/aromatic N) is 2. The van der Waals surface area contributed by atoms with Crippen LogP contribution in [-0.2, 0) is 14.1 Å². The van der Waals surface area contributed by atoms with Gasteiger partial charge >= 0.3 is 5.69 Å². The summed E-state index contributed by atoms with van der Waals surface area (Å²) in [6.07, 6.45) is 0. The molecular weight excluding hydrogens is 274 g/mol. The number of aromatic nitrogens is 2. The number of aryl methyl sites for hydroxylation is 4. The molecule has 0 aliphatic carbocycles.